The largest absolute Gasteiger partial charge is 0.504 e. The van der Waals surface area contributed by atoms with E-state index in [1.165, 1.54) is 14.2 Å². The van der Waals surface area contributed by atoms with Gasteiger partial charge in [-0.3, -0.25) is 5.41 Å². The highest BCUT2D eigenvalue weighted by Crippen LogP contribution is 2.35. The summed E-state index contributed by atoms with van der Waals surface area (Å²) in [7, 11) is 3.07. The molecule has 1 aliphatic heterocycles. The number of benzene rings is 2. The van der Waals surface area contributed by atoms with Crippen LogP contribution < -0.4 is 15.2 Å². The van der Waals surface area contributed by atoms with Gasteiger partial charge >= 0.3 is 0 Å². The summed E-state index contributed by atoms with van der Waals surface area (Å²) in [5.41, 5.74) is 8.93. The number of rotatable bonds is 3. The number of methoxy groups -OCH3 is 2. The molecular formula is C18H21N3O4. The van der Waals surface area contributed by atoms with Gasteiger partial charge in [0.2, 0.25) is 0 Å². The molecule has 0 aliphatic carbocycles. The van der Waals surface area contributed by atoms with Gasteiger partial charge in [-0.25, -0.2) is 0 Å². The fourth-order valence-electron chi connectivity index (χ4n) is 3.04. The van der Waals surface area contributed by atoms with Crippen LogP contribution in [-0.4, -0.2) is 41.7 Å². The van der Waals surface area contributed by atoms with Crippen molar-refractivity contribution in [1.29, 1.82) is 5.41 Å². The number of nitrogens with two attached hydrogens (primary N) is 1. The van der Waals surface area contributed by atoms with E-state index in [1.807, 2.05) is 4.90 Å². The van der Waals surface area contributed by atoms with E-state index in [0.29, 0.717) is 42.3 Å². The molecule has 0 spiro atoms. The second-order valence-electron chi connectivity index (χ2n) is 5.92. The molecule has 5 N–H and O–H groups in total. The Labute approximate surface area is 145 Å². The highest BCUT2D eigenvalue weighted by molar-refractivity contribution is 6.02. The van der Waals surface area contributed by atoms with Crippen LogP contribution in [0.4, 0.5) is 5.69 Å². The third-order valence-electron chi connectivity index (χ3n) is 4.44. The molecule has 0 radical (unpaired) electrons. The summed E-state index contributed by atoms with van der Waals surface area (Å²) in [6, 6.07) is 6.46. The van der Waals surface area contributed by atoms with E-state index in [2.05, 4.69) is 0 Å². The number of phenolic OH excluding ortho intramolecular Hbond substituents is 2. The van der Waals surface area contributed by atoms with Crippen molar-refractivity contribution in [2.45, 2.75) is 13.0 Å². The number of nitrogens with zero attached hydrogens (tertiary/aromatic N) is 1. The van der Waals surface area contributed by atoms with Gasteiger partial charge in [-0.15, -0.1) is 0 Å². The summed E-state index contributed by atoms with van der Waals surface area (Å²) in [5.74, 6) is 1.03. The number of nitrogen functional groups attached to an aromatic ring is 1. The average Bonchev–Trinajstić information content (AvgIpc) is 2.61. The van der Waals surface area contributed by atoms with Crippen LogP contribution in [-0.2, 0) is 13.0 Å². The minimum absolute atomic E-state index is 0.119. The molecule has 1 heterocycles. The minimum atomic E-state index is -0.155. The van der Waals surface area contributed by atoms with Crippen molar-refractivity contribution in [3.8, 4) is 23.0 Å². The van der Waals surface area contributed by atoms with Crippen molar-refractivity contribution in [2.24, 2.45) is 0 Å². The molecule has 0 atom stereocenters. The number of phenols is 2. The summed E-state index contributed by atoms with van der Waals surface area (Å²) in [6.07, 6.45) is 0.665. The number of ether oxygens (including phenoxy) is 2. The third-order valence-corrected chi connectivity index (χ3v) is 4.44. The van der Waals surface area contributed by atoms with Crippen LogP contribution in [0, 0.1) is 5.41 Å². The lowest BCUT2D eigenvalue weighted by Crippen LogP contribution is -2.36. The number of nitrogens with one attached hydrogen (secondary N) is 1. The van der Waals surface area contributed by atoms with Gasteiger partial charge in [0.25, 0.3) is 0 Å². The molecule has 0 unspecified atom stereocenters. The van der Waals surface area contributed by atoms with Crippen LogP contribution in [0.5, 0.6) is 23.0 Å². The van der Waals surface area contributed by atoms with Crippen molar-refractivity contribution in [2.75, 3.05) is 26.5 Å². The Morgan fingerprint density at radius 2 is 1.64 bits per heavy atom. The molecule has 0 saturated heterocycles. The normalized spacial score (nSPS) is 13.3. The standard InChI is InChI=1S/C18H21N3O4/c1-24-16-7-12(13(19)8-17(16)25-2)18(20)21-4-3-10-5-14(22)15(23)6-11(10)9-21/h5-8,20,22-23H,3-4,9,19H2,1-2H3. The van der Waals surface area contributed by atoms with Crippen molar-refractivity contribution < 1.29 is 19.7 Å². The molecule has 0 fully saturated rings. The second kappa shape index (κ2) is 6.43. The molecule has 2 aromatic carbocycles. The Bertz CT molecular complexity index is 836. The van der Waals surface area contributed by atoms with E-state index in [-0.39, 0.29) is 17.3 Å². The first kappa shape index (κ1) is 16.8. The SMILES string of the molecule is COc1cc(N)c(C(=N)N2CCc3cc(O)c(O)cc3C2)cc1OC. The predicted molar refractivity (Wildman–Crippen MR) is 94.7 cm³/mol. The van der Waals surface area contributed by atoms with Crippen molar-refractivity contribution >= 4 is 11.5 Å². The van der Waals surface area contributed by atoms with E-state index in [9.17, 15) is 10.2 Å². The number of hydrogen-bond donors (Lipinski definition) is 4. The topological polar surface area (TPSA) is 112 Å². The number of amidine groups is 1. The fourth-order valence-corrected chi connectivity index (χ4v) is 3.04. The first-order chi connectivity index (χ1) is 11.9. The van der Waals surface area contributed by atoms with Crippen molar-refractivity contribution in [3.05, 3.63) is 41.0 Å². The minimum Gasteiger partial charge on any atom is -0.504 e. The van der Waals surface area contributed by atoms with Crippen LogP contribution in [0.3, 0.4) is 0 Å². The quantitative estimate of drug-likeness (QED) is 0.294. The van der Waals surface area contributed by atoms with Gasteiger partial charge in [-0.05, 0) is 35.7 Å². The maximum Gasteiger partial charge on any atom is 0.162 e. The summed E-state index contributed by atoms with van der Waals surface area (Å²) < 4.78 is 10.5. The summed E-state index contributed by atoms with van der Waals surface area (Å²) in [6.45, 7) is 1.07. The van der Waals surface area contributed by atoms with Crippen LogP contribution in [0.25, 0.3) is 0 Å². The van der Waals surface area contributed by atoms with E-state index in [0.717, 1.165) is 11.1 Å². The van der Waals surface area contributed by atoms with Crippen LogP contribution in [0.2, 0.25) is 0 Å². The molecular weight excluding hydrogens is 322 g/mol. The lowest BCUT2D eigenvalue weighted by Gasteiger charge is -2.31. The number of aromatic hydroxyl groups is 2. The zero-order valence-electron chi connectivity index (χ0n) is 14.2. The third kappa shape index (κ3) is 3.00. The Morgan fingerprint density at radius 3 is 2.28 bits per heavy atom. The smallest absolute Gasteiger partial charge is 0.162 e. The highest BCUT2D eigenvalue weighted by atomic mass is 16.5. The van der Waals surface area contributed by atoms with E-state index in [4.69, 9.17) is 20.6 Å². The molecule has 132 valence electrons. The molecule has 7 nitrogen and oxygen atoms in total. The first-order valence-electron chi connectivity index (χ1n) is 7.83. The molecule has 0 aromatic heterocycles. The maximum atomic E-state index is 9.71. The van der Waals surface area contributed by atoms with Gasteiger partial charge in [0.05, 0.1) is 14.2 Å². The molecule has 0 saturated carbocycles. The first-order valence-corrected chi connectivity index (χ1v) is 7.83. The van der Waals surface area contributed by atoms with Gasteiger partial charge in [-0.1, -0.05) is 0 Å². The van der Waals surface area contributed by atoms with Crippen molar-refractivity contribution in [1.82, 2.24) is 4.90 Å². The second-order valence-corrected chi connectivity index (χ2v) is 5.92. The summed E-state index contributed by atoms with van der Waals surface area (Å²) in [5, 5.41) is 27.9. The summed E-state index contributed by atoms with van der Waals surface area (Å²) in [4.78, 5) is 1.87. The Morgan fingerprint density at radius 1 is 1.04 bits per heavy atom. The maximum absolute atomic E-state index is 9.71. The Hall–Kier alpha value is -3.09. The Balaban J connectivity index is 1.90. The van der Waals surface area contributed by atoms with E-state index >= 15 is 0 Å². The van der Waals surface area contributed by atoms with Gasteiger partial charge in [0.1, 0.15) is 5.84 Å². The molecule has 3 rings (SSSR count). The van der Waals surface area contributed by atoms with Gasteiger partial charge < -0.3 is 30.3 Å². The van der Waals surface area contributed by atoms with Crippen LogP contribution >= 0.6 is 0 Å². The van der Waals surface area contributed by atoms with Crippen molar-refractivity contribution in [3.63, 3.8) is 0 Å². The summed E-state index contributed by atoms with van der Waals surface area (Å²) >= 11 is 0. The molecule has 1 aliphatic rings. The lowest BCUT2D eigenvalue weighted by atomic mass is 9.98. The Kier molecular flexibility index (Phi) is 4.31. The monoisotopic (exact) mass is 343 g/mol. The fraction of sp³-hybridized carbons (Fsp3) is 0.278. The molecule has 0 amide bonds. The van der Waals surface area contributed by atoms with E-state index in [1.54, 1.807) is 24.3 Å². The van der Waals surface area contributed by atoms with Crippen LogP contribution in [0.1, 0.15) is 16.7 Å². The lowest BCUT2D eigenvalue weighted by molar-refractivity contribution is 0.354. The number of anilines is 1. The van der Waals surface area contributed by atoms with Gasteiger partial charge in [0, 0.05) is 30.4 Å². The predicted octanol–water partition coefficient (Wildman–Crippen LogP) is 2.08. The zero-order valence-corrected chi connectivity index (χ0v) is 14.2. The van der Waals surface area contributed by atoms with Gasteiger partial charge in [0.15, 0.2) is 23.0 Å². The zero-order chi connectivity index (χ0) is 18.1. The van der Waals surface area contributed by atoms with E-state index < -0.39 is 0 Å². The van der Waals surface area contributed by atoms with Crippen LogP contribution in [0.15, 0.2) is 24.3 Å². The number of hydrogen-bond acceptors (Lipinski definition) is 6. The number of fused-ring (bicyclic) bond motifs is 1. The average molecular weight is 343 g/mol. The molecule has 7 heteroatoms. The molecule has 2 aromatic rings. The molecule has 0 bridgehead atoms. The molecule has 25 heavy (non-hydrogen) atoms. The van der Waals surface area contributed by atoms with Gasteiger partial charge in [-0.2, -0.15) is 0 Å². The highest BCUT2D eigenvalue weighted by Gasteiger charge is 2.23.